The molecule has 15 heavy (non-hydrogen) atoms. The molecule has 0 unspecified atom stereocenters. The molecule has 1 N–H and O–H groups in total. The summed E-state index contributed by atoms with van der Waals surface area (Å²) in [6, 6.07) is 0.621. The minimum atomic E-state index is -0.132. The second-order valence-electron chi connectivity index (χ2n) is 4.03. The van der Waals surface area contributed by atoms with Crippen molar-refractivity contribution in [3.8, 4) is 0 Å². The second-order valence-corrected chi connectivity index (χ2v) is 4.03. The standard InChI is InChI=1S/C11H26N2O2/c1-10(2)13(3)8-6-7-12-9-11(14-4)15-5/h10-12H,6-9H2,1-5H3. The van der Waals surface area contributed by atoms with Gasteiger partial charge in [0.2, 0.25) is 0 Å². The van der Waals surface area contributed by atoms with Crippen molar-refractivity contribution < 1.29 is 9.47 Å². The summed E-state index contributed by atoms with van der Waals surface area (Å²) < 4.78 is 10.1. The van der Waals surface area contributed by atoms with Gasteiger partial charge in [-0.2, -0.15) is 0 Å². The van der Waals surface area contributed by atoms with Crippen molar-refractivity contribution in [3.05, 3.63) is 0 Å². The summed E-state index contributed by atoms with van der Waals surface area (Å²) in [4.78, 5) is 2.34. The number of hydrogen-bond donors (Lipinski definition) is 1. The molecule has 0 fully saturated rings. The molecule has 0 aromatic carbocycles. The molecule has 0 radical (unpaired) electrons. The summed E-state index contributed by atoms with van der Waals surface area (Å²) >= 11 is 0. The zero-order valence-corrected chi connectivity index (χ0v) is 10.7. The summed E-state index contributed by atoms with van der Waals surface area (Å²) in [6.07, 6.45) is 1.02. The van der Waals surface area contributed by atoms with Crippen molar-refractivity contribution in [3.63, 3.8) is 0 Å². The molecule has 4 heteroatoms. The van der Waals surface area contributed by atoms with E-state index in [9.17, 15) is 0 Å². The van der Waals surface area contributed by atoms with Crippen LogP contribution in [0.2, 0.25) is 0 Å². The third kappa shape index (κ3) is 7.73. The van der Waals surface area contributed by atoms with E-state index in [1.54, 1.807) is 14.2 Å². The summed E-state index contributed by atoms with van der Waals surface area (Å²) in [6.45, 7) is 7.28. The lowest BCUT2D eigenvalue weighted by Crippen LogP contribution is -2.33. The van der Waals surface area contributed by atoms with Gasteiger partial charge in [-0.05, 0) is 40.4 Å². The minimum Gasteiger partial charge on any atom is -0.355 e. The summed E-state index contributed by atoms with van der Waals surface area (Å²) in [7, 11) is 5.46. The van der Waals surface area contributed by atoms with E-state index in [0.717, 1.165) is 26.1 Å². The van der Waals surface area contributed by atoms with Gasteiger partial charge in [0, 0.05) is 26.8 Å². The molecule has 0 spiro atoms. The highest BCUT2D eigenvalue weighted by Gasteiger charge is 2.04. The molecular weight excluding hydrogens is 192 g/mol. The van der Waals surface area contributed by atoms with Crippen molar-refractivity contribution >= 4 is 0 Å². The first-order chi connectivity index (χ1) is 7.11. The van der Waals surface area contributed by atoms with E-state index >= 15 is 0 Å². The first-order valence-electron chi connectivity index (χ1n) is 5.58. The van der Waals surface area contributed by atoms with Gasteiger partial charge in [-0.1, -0.05) is 0 Å². The zero-order chi connectivity index (χ0) is 11.7. The molecule has 0 bridgehead atoms. The average molecular weight is 218 g/mol. The molecule has 0 amide bonds. The topological polar surface area (TPSA) is 33.7 Å². The lowest BCUT2D eigenvalue weighted by Gasteiger charge is -2.21. The molecule has 0 aliphatic heterocycles. The van der Waals surface area contributed by atoms with Gasteiger partial charge in [0.05, 0.1) is 0 Å². The number of nitrogens with zero attached hydrogens (tertiary/aromatic N) is 1. The molecule has 4 nitrogen and oxygen atoms in total. The highest BCUT2D eigenvalue weighted by atomic mass is 16.7. The molecule has 0 aliphatic carbocycles. The molecule has 0 saturated carbocycles. The Hall–Kier alpha value is -0.160. The van der Waals surface area contributed by atoms with Crippen LogP contribution in [0.4, 0.5) is 0 Å². The molecule has 0 atom stereocenters. The third-order valence-electron chi connectivity index (χ3n) is 2.58. The maximum absolute atomic E-state index is 5.07. The Bertz CT molecular complexity index is 135. The summed E-state index contributed by atoms with van der Waals surface area (Å²) in [5.74, 6) is 0. The monoisotopic (exact) mass is 218 g/mol. The summed E-state index contributed by atoms with van der Waals surface area (Å²) in [5.41, 5.74) is 0. The molecule has 0 rings (SSSR count). The van der Waals surface area contributed by atoms with E-state index in [-0.39, 0.29) is 6.29 Å². The molecule has 0 aliphatic rings. The van der Waals surface area contributed by atoms with E-state index in [0.29, 0.717) is 6.04 Å². The number of rotatable bonds is 9. The van der Waals surface area contributed by atoms with Crippen LogP contribution < -0.4 is 5.32 Å². The molecular formula is C11H26N2O2. The van der Waals surface area contributed by atoms with Crippen molar-refractivity contribution in [1.29, 1.82) is 0 Å². The van der Waals surface area contributed by atoms with Gasteiger partial charge < -0.3 is 19.7 Å². The largest absolute Gasteiger partial charge is 0.355 e. The first kappa shape index (κ1) is 14.8. The highest BCUT2D eigenvalue weighted by Crippen LogP contribution is 1.94. The molecule has 0 aromatic rings. The molecule has 0 heterocycles. The Balaban J connectivity index is 3.31. The third-order valence-corrected chi connectivity index (χ3v) is 2.58. The highest BCUT2D eigenvalue weighted by molar-refractivity contribution is 4.58. The first-order valence-corrected chi connectivity index (χ1v) is 5.58. The normalized spacial score (nSPS) is 12.0. The van der Waals surface area contributed by atoms with Crippen molar-refractivity contribution in [1.82, 2.24) is 10.2 Å². The van der Waals surface area contributed by atoms with Crippen LogP contribution in [0, 0.1) is 0 Å². The van der Waals surface area contributed by atoms with Crippen LogP contribution in [-0.4, -0.2) is 58.1 Å². The number of methoxy groups -OCH3 is 2. The molecule has 0 saturated heterocycles. The smallest absolute Gasteiger partial charge is 0.169 e. The zero-order valence-electron chi connectivity index (χ0n) is 10.7. The van der Waals surface area contributed by atoms with Crippen LogP contribution in [-0.2, 0) is 9.47 Å². The van der Waals surface area contributed by atoms with E-state index in [1.807, 2.05) is 0 Å². The minimum absolute atomic E-state index is 0.132. The van der Waals surface area contributed by atoms with Crippen LogP contribution in [0.25, 0.3) is 0 Å². The maximum atomic E-state index is 5.07. The van der Waals surface area contributed by atoms with Crippen LogP contribution in [0.1, 0.15) is 20.3 Å². The van der Waals surface area contributed by atoms with Crippen LogP contribution in [0.3, 0.4) is 0 Å². The van der Waals surface area contributed by atoms with Gasteiger partial charge in [0.25, 0.3) is 0 Å². The van der Waals surface area contributed by atoms with Gasteiger partial charge in [0.15, 0.2) is 6.29 Å². The number of ether oxygens (including phenoxy) is 2. The predicted octanol–water partition coefficient (Wildman–Crippen LogP) is 0.925. The van der Waals surface area contributed by atoms with Crippen molar-refractivity contribution in [2.24, 2.45) is 0 Å². The van der Waals surface area contributed by atoms with Crippen LogP contribution in [0.5, 0.6) is 0 Å². The average Bonchev–Trinajstić information content (AvgIpc) is 2.23. The van der Waals surface area contributed by atoms with Crippen molar-refractivity contribution in [2.75, 3.05) is 40.9 Å². The number of hydrogen-bond acceptors (Lipinski definition) is 4. The fraction of sp³-hybridized carbons (Fsp3) is 1.00. The molecule has 0 aromatic heterocycles. The number of nitrogens with one attached hydrogen (secondary N) is 1. The van der Waals surface area contributed by atoms with E-state index < -0.39 is 0 Å². The summed E-state index contributed by atoms with van der Waals surface area (Å²) in [5, 5.41) is 3.30. The fourth-order valence-electron chi connectivity index (χ4n) is 1.19. The maximum Gasteiger partial charge on any atom is 0.169 e. The van der Waals surface area contributed by atoms with Crippen LogP contribution >= 0.6 is 0 Å². The SMILES string of the molecule is COC(CNCCCN(C)C(C)C)OC. The molecule has 92 valence electrons. The Kier molecular flexibility index (Phi) is 9.00. The van der Waals surface area contributed by atoms with Crippen molar-refractivity contribution in [2.45, 2.75) is 32.6 Å². The van der Waals surface area contributed by atoms with Gasteiger partial charge in [-0.15, -0.1) is 0 Å². The van der Waals surface area contributed by atoms with E-state index in [2.05, 4.69) is 31.1 Å². The lowest BCUT2D eigenvalue weighted by molar-refractivity contribution is -0.0986. The van der Waals surface area contributed by atoms with E-state index in [1.165, 1.54) is 0 Å². The van der Waals surface area contributed by atoms with Gasteiger partial charge in [0.1, 0.15) is 0 Å². The van der Waals surface area contributed by atoms with Gasteiger partial charge in [-0.3, -0.25) is 0 Å². The van der Waals surface area contributed by atoms with Gasteiger partial charge in [-0.25, -0.2) is 0 Å². The second kappa shape index (κ2) is 9.09. The van der Waals surface area contributed by atoms with Crippen LogP contribution in [0.15, 0.2) is 0 Å². The quantitative estimate of drug-likeness (QED) is 0.461. The van der Waals surface area contributed by atoms with Gasteiger partial charge >= 0.3 is 0 Å². The van der Waals surface area contributed by atoms with E-state index in [4.69, 9.17) is 9.47 Å². The Morgan fingerprint density at radius 2 is 1.80 bits per heavy atom. The Morgan fingerprint density at radius 3 is 2.27 bits per heavy atom. The Morgan fingerprint density at radius 1 is 1.20 bits per heavy atom. The fourth-order valence-corrected chi connectivity index (χ4v) is 1.19. The Labute approximate surface area is 93.9 Å². The lowest BCUT2D eigenvalue weighted by atomic mass is 10.3. The predicted molar refractivity (Wildman–Crippen MR) is 63.1 cm³/mol.